The van der Waals surface area contributed by atoms with E-state index in [1.54, 1.807) is 0 Å². The van der Waals surface area contributed by atoms with Gasteiger partial charge in [0.1, 0.15) is 0 Å². The van der Waals surface area contributed by atoms with E-state index in [0.29, 0.717) is 6.04 Å². The zero-order valence-electron chi connectivity index (χ0n) is 9.76. The molecule has 0 saturated carbocycles. The summed E-state index contributed by atoms with van der Waals surface area (Å²) in [6.07, 6.45) is 4.18. The van der Waals surface area contributed by atoms with Crippen molar-refractivity contribution < 1.29 is 0 Å². The van der Waals surface area contributed by atoms with Crippen LogP contribution in [-0.2, 0) is 0 Å². The first kappa shape index (κ1) is 13.8. The summed E-state index contributed by atoms with van der Waals surface area (Å²) in [6, 6.07) is 2.90. The lowest BCUT2D eigenvalue weighted by molar-refractivity contribution is 0.420. The van der Waals surface area contributed by atoms with Gasteiger partial charge in [0.25, 0.3) is 0 Å². The van der Waals surface area contributed by atoms with E-state index >= 15 is 0 Å². The van der Waals surface area contributed by atoms with Gasteiger partial charge in [-0.2, -0.15) is 17.0 Å². The molecule has 0 fully saturated rings. The molecule has 0 aromatic heterocycles. The summed E-state index contributed by atoms with van der Waals surface area (Å²) in [6.45, 7) is 7.22. The fourth-order valence-electron chi connectivity index (χ4n) is 1.24. The minimum atomic E-state index is -0.162. The van der Waals surface area contributed by atoms with Gasteiger partial charge in [0.05, 0.1) is 11.5 Å². The van der Waals surface area contributed by atoms with Gasteiger partial charge in [0, 0.05) is 11.8 Å². The Morgan fingerprint density at radius 2 is 2.14 bits per heavy atom. The molecule has 14 heavy (non-hydrogen) atoms. The van der Waals surface area contributed by atoms with E-state index in [-0.39, 0.29) is 5.41 Å². The van der Waals surface area contributed by atoms with Gasteiger partial charge in [-0.3, -0.25) is 0 Å². The fourth-order valence-corrected chi connectivity index (χ4v) is 1.86. The first-order chi connectivity index (χ1) is 6.52. The second-order valence-corrected chi connectivity index (χ2v) is 5.32. The van der Waals surface area contributed by atoms with Crippen LogP contribution in [-0.4, -0.2) is 24.6 Å². The molecule has 0 heterocycles. The van der Waals surface area contributed by atoms with Crippen molar-refractivity contribution in [2.45, 2.75) is 39.7 Å². The summed E-state index contributed by atoms with van der Waals surface area (Å²) >= 11 is 1.86. The van der Waals surface area contributed by atoms with Gasteiger partial charge in [-0.25, -0.2) is 0 Å². The molecule has 0 aliphatic heterocycles. The van der Waals surface area contributed by atoms with Crippen molar-refractivity contribution >= 4 is 11.8 Å². The van der Waals surface area contributed by atoms with Gasteiger partial charge in [-0.1, -0.05) is 0 Å². The van der Waals surface area contributed by atoms with Crippen LogP contribution in [0.1, 0.15) is 33.6 Å². The average molecular weight is 214 g/mol. The number of nitriles is 1. The Kier molecular flexibility index (Phi) is 7.04. The lowest BCUT2D eigenvalue weighted by Gasteiger charge is -2.16. The highest BCUT2D eigenvalue weighted by Crippen LogP contribution is 2.19. The van der Waals surface area contributed by atoms with Crippen molar-refractivity contribution in [2.75, 3.05) is 18.6 Å². The van der Waals surface area contributed by atoms with Crippen LogP contribution in [0.25, 0.3) is 0 Å². The van der Waals surface area contributed by atoms with Crippen molar-refractivity contribution in [3.05, 3.63) is 0 Å². The number of hydrogen-bond donors (Lipinski definition) is 1. The van der Waals surface area contributed by atoms with Crippen molar-refractivity contribution in [1.29, 1.82) is 5.26 Å². The van der Waals surface area contributed by atoms with Gasteiger partial charge in [-0.15, -0.1) is 0 Å². The summed E-state index contributed by atoms with van der Waals surface area (Å²) in [7, 11) is 0. The third-order valence-electron chi connectivity index (χ3n) is 2.19. The Morgan fingerprint density at radius 3 is 2.64 bits per heavy atom. The predicted octanol–water partition coefficient (Wildman–Crippen LogP) is 2.66. The lowest BCUT2D eigenvalue weighted by atomic mass is 9.90. The number of nitrogens with one attached hydrogen (secondary N) is 1. The van der Waals surface area contributed by atoms with Crippen LogP contribution in [0.2, 0.25) is 0 Å². The van der Waals surface area contributed by atoms with E-state index in [4.69, 9.17) is 5.26 Å². The van der Waals surface area contributed by atoms with Crippen LogP contribution in [0, 0.1) is 16.7 Å². The summed E-state index contributed by atoms with van der Waals surface area (Å²) in [4.78, 5) is 0. The molecule has 0 amide bonds. The van der Waals surface area contributed by atoms with E-state index in [1.165, 1.54) is 0 Å². The van der Waals surface area contributed by atoms with Crippen LogP contribution in [0.15, 0.2) is 0 Å². The van der Waals surface area contributed by atoms with Crippen molar-refractivity contribution in [2.24, 2.45) is 5.41 Å². The molecule has 0 aromatic carbocycles. The van der Waals surface area contributed by atoms with E-state index in [9.17, 15) is 0 Å². The molecular formula is C11H22N2S. The maximum Gasteiger partial charge on any atom is 0.0683 e. The molecule has 0 aromatic rings. The van der Waals surface area contributed by atoms with Crippen LogP contribution in [0.4, 0.5) is 0 Å². The fraction of sp³-hybridized carbons (Fsp3) is 0.909. The van der Waals surface area contributed by atoms with Crippen molar-refractivity contribution in [3.8, 4) is 6.07 Å². The number of rotatable bonds is 7. The Balaban J connectivity index is 3.43. The van der Waals surface area contributed by atoms with Gasteiger partial charge in [0.15, 0.2) is 0 Å². The smallest absolute Gasteiger partial charge is 0.0683 e. The summed E-state index contributed by atoms with van der Waals surface area (Å²) < 4.78 is 0. The van der Waals surface area contributed by atoms with Crippen LogP contribution < -0.4 is 5.32 Å². The van der Waals surface area contributed by atoms with Gasteiger partial charge in [0.2, 0.25) is 0 Å². The lowest BCUT2D eigenvalue weighted by Crippen LogP contribution is -2.29. The SMILES string of the molecule is CSCC(C)NCCCC(C)(C)C#N. The molecule has 2 nitrogen and oxygen atoms in total. The second-order valence-electron chi connectivity index (χ2n) is 4.41. The van der Waals surface area contributed by atoms with Crippen LogP contribution in [0.3, 0.4) is 0 Å². The summed E-state index contributed by atoms with van der Waals surface area (Å²) in [5.41, 5.74) is -0.162. The Bertz CT molecular complexity index is 184. The van der Waals surface area contributed by atoms with Crippen LogP contribution in [0.5, 0.6) is 0 Å². The molecule has 0 bridgehead atoms. The zero-order chi connectivity index (χ0) is 11.0. The quantitative estimate of drug-likeness (QED) is 0.662. The number of hydrogen-bond acceptors (Lipinski definition) is 3. The minimum Gasteiger partial charge on any atom is -0.313 e. The largest absolute Gasteiger partial charge is 0.313 e. The highest BCUT2D eigenvalue weighted by atomic mass is 32.2. The molecule has 0 saturated heterocycles. The maximum absolute atomic E-state index is 8.81. The second kappa shape index (κ2) is 7.14. The molecule has 1 unspecified atom stereocenters. The van der Waals surface area contributed by atoms with Gasteiger partial charge in [-0.05, 0) is 46.4 Å². The average Bonchev–Trinajstić information content (AvgIpc) is 2.13. The van der Waals surface area contributed by atoms with E-state index < -0.39 is 0 Å². The van der Waals surface area contributed by atoms with Crippen molar-refractivity contribution in [3.63, 3.8) is 0 Å². The Labute approximate surface area is 92.5 Å². The highest BCUT2D eigenvalue weighted by Gasteiger charge is 2.15. The molecule has 0 rings (SSSR count). The Hall–Kier alpha value is -0.200. The number of nitrogens with zero attached hydrogens (tertiary/aromatic N) is 1. The normalized spacial score (nSPS) is 13.6. The molecule has 1 N–H and O–H groups in total. The number of thioether (sulfide) groups is 1. The zero-order valence-corrected chi connectivity index (χ0v) is 10.6. The van der Waals surface area contributed by atoms with Crippen LogP contribution >= 0.6 is 11.8 Å². The van der Waals surface area contributed by atoms with Gasteiger partial charge >= 0.3 is 0 Å². The first-order valence-corrected chi connectivity index (χ1v) is 6.55. The van der Waals surface area contributed by atoms with E-state index in [2.05, 4.69) is 24.6 Å². The maximum atomic E-state index is 8.81. The molecule has 3 heteroatoms. The summed E-state index contributed by atoms with van der Waals surface area (Å²) in [5.74, 6) is 1.15. The molecular weight excluding hydrogens is 192 g/mol. The third-order valence-corrected chi connectivity index (χ3v) is 3.02. The molecule has 0 radical (unpaired) electrons. The monoisotopic (exact) mass is 214 g/mol. The summed E-state index contributed by atoms with van der Waals surface area (Å²) in [5, 5.41) is 12.3. The molecule has 0 aliphatic rings. The van der Waals surface area contributed by atoms with E-state index in [1.807, 2.05) is 25.6 Å². The standard InChI is InChI=1S/C11H22N2S/c1-10(8-14-4)13-7-5-6-11(2,3)9-12/h10,13H,5-8H2,1-4H3. The third kappa shape index (κ3) is 7.23. The molecule has 0 spiro atoms. The van der Waals surface area contributed by atoms with Gasteiger partial charge < -0.3 is 5.32 Å². The van der Waals surface area contributed by atoms with E-state index in [0.717, 1.165) is 25.1 Å². The van der Waals surface area contributed by atoms with Crippen molar-refractivity contribution in [1.82, 2.24) is 5.32 Å². The first-order valence-electron chi connectivity index (χ1n) is 5.15. The highest BCUT2D eigenvalue weighted by molar-refractivity contribution is 7.98. The Morgan fingerprint density at radius 1 is 1.50 bits per heavy atom. The molecule has 0 aliphatic carbocycles. The molecule has 1 atom stereocenters. The predicted molar refractivity (Wildman–Crippen MR) is 64.5 cm³/mol. The minimum absolute atomic E-state index is 0.162. The molecule has 82 valence electrons. The topological polar surface area (TPSA) is 35.8 Å².